The summed E-state index contributed by atoms with van der Waals surface area (Å²) in [4.78, 5) is 23.5. The molecule has 10 unspecified atom stereocenters. The fourth-order valence-corrected chi connectivity index (χ4v) is 9.96. The highest BCUT2D eigenvalue weighted by Crippen LogP contribution is 2.58. The van der Waals surface area contributed by atoms with E-state index in [0.717, 1.165) is 31.2 Å². The molecule has 2 fully saturated rings. The second-order valence-electron chi connectivity index (χ2n) is 17.0. The second-order valence-corrected chi connectivity index (χ2v) is 18.6. The van der Waals surface area contributed by atoms with Crippen LogP contribution in [-0.4, -0.2) is 68.5 Å². The summed E-state index contributed by atoms with van der Waals surface area (Å²) in [7, 11) is 2.18. The van der Waals surface area contributed by atoms with Gasteiger partial charge < -0.3 is 20.9 Å². The molecule has 0 aromatic carbocycles. The van der Waals surface area contributed by atoms with Crippen LogP contribution in [0.5, 0.6) is 0 Å². The van der Waals surface area contributed by atoms with Crippen LogP contribution in [0.4, 0.5) is 11.8 Å². The largest absolute Gasteiger partial charge is 0.488 e. The molecule has 2 aliphatic heterocycles. The number of aliphatic hydroxyl groups excluding tert-OH is 1. The zero-order chi connectivity index (χ0) is 38.5. The van der Waals surface area contributed by atoms with Crippen molar-refractivity contribution in [3.63, 3.8) is 0 Å². The normalized spacial score (nSPS) is 29.4. The summed E-state index contributed by atoms with van der Waals surface area (Å²) in [5, 5.41) is 14.3. The van der Waals surface area contributed by atoms with Crippen LogP contribution in [0.2, 0.25) is 0 Å². The van der Waals surface area contributed by atoms with Crippen molar-refractivity contribution in [3.8, 4) is 0 Å². The molecule has 13 atom stereocenters. The van der Waals surface area contributed by atoms with Crippen LogP contribution in [0.1, 0.15) is 134 Å². The number of nitrogens with two attached hydrogens (primary N) is 1. The topological polar surface area (TPSA) is 150 Å². The summed E-state index contributed by atoms with van der Waals surface area (Å²) >= 11 is 0. The zero-order valence-corrected chi connectivity index (χ0v) is 35.0. The number of aromatic nitrogens is 4. The molecule has 2 aliphatic rings. The summed E-state index contributed by atoms with van der Waals surface area (Å²) in [6.07, 6.45) is 7.67. The Morgan fingerprint density at radius 3 is 2.12 bits per heavy atom. The van der Waals surface area contributed by atoms with Gasteiger partial charge >= 0.3 is 15.4 Å². The number of fused-ring (bicyclic) bond motifs is 2. The minimum absolute atomic E-state index is 0.0147. The molecule has 294 valence electrons. The Morgan fingerprint density at radius 2 is 1.52 bits per heavy atom. The first-order valence-electron chi connectivity index (χ1n) is 20.3. The third-order valence-electron chi connectivity index (χ3n) is 14.3. The molecule has 0 amide bonds. The summed E-state index contributed by atoms with van der Waals surface area (Å²) in [6.45, 7) is 28.0. The van der Waals surface area contributed by atoms with Gasteiger partial charge in [0.25, 0.3) is 0 Å². The smallest absolute Gasteiger partial charge is 0.385 e. The van der Waals surface area contributed by atoms with Crippen LogP contribution in [-0.2, 0) is 13.8 Å². The Morgan fingerprint density at radius 1 is 0.942 bits per heavy atom. The van der Waals surface area contributed by atoms with Gasteiger partial charge in [0.1, 0.15) is 24.3 Å². The van der Waals surface area contributed by atoms with Gasteiger partial charge in [0.2, 0.25) is 5.95 Å². The molecule has 4 rings (SSSR count). The summed E-state index contributed by atoms with van der Waals surface area (Å²) < 4.78 is 18.3. The number of nitrogen functional groups attached to an aromatic ring is 1. The lowest BCUT2D eigenvalue weighted by atomic mass is 9.56. The Labute approximate surface area is 316 Å². The van der Waals surface area contributed by atoms with Gasteiger partial charge in [0.05, 0.1) is 6.33 Å². The van der Waals surface area contributed by atoms with Crippen LogP contribution in [0, 0.1) is 52.8 Å². The molecule has 2 saturated heterocycles. The average molecular weight is 746 g/mol. The molecule has 11 nitrogen and oxygen atoms in total. The molecule has 4 heterocycles. The lowest BCUT2D eigenvalue weighted by Crippen LogP contribution is -2.42. The second kappa shape index (κ2) is 18.4. The first-order valence-corrected chi connectivity index (χ1v) is 21.9. The van der Waals surface area contributed by atoms with Gasteiger partial charge in [-0.2, -0.15) is 19.0 Å². The number of hydrogen-bond acceptors (Lipinski definition) is 10. The first-order chi connectivity index (χ1) is 24.5. The fourth-order valence-electron chi connectivity index (χ4n) is 8.93. The predicted molar refractivity (Wildman–Crippen MR) is 214 cm³/mol. The van der Waals surface area contributed by atoms with E-state index < -0.39 is 32.4 Å². The minimum Gasteiger partial charge on any atom is -0.385 e. The number of imidazole rings is 1. The van der Waals surface area contributed by atoms with E-state index in [-0.39, 0.29) is 12.4 Å². The van der Waals surface area contributed by atoms with Crippen molar-refractivity contribution in [3.05, 3.63) is 6.33 Å². The standard InChI is InChI=1S/C39H71BN6O5P/c1-12-23(3)25(5)27(7)29(9)39(11,30(10)28(8)26(6)24(4)13-2)19-17-15-14-16-18-20-42-38-44-35(41)32-36(45-38)46(22-43-32)37-33(47)34-31(50-37)21-49-52(40,48)51-34/h22-31,33-34,37,47-48H,12-21H2,1-11H3,(H3,41,42,44,45)/q+1/t23?,24?,25?,26?,27?,28?,29?,30?,31-,33?,34+,37-,39?,52?/m1/s1. The molecule has 2 radical (unpaired) electrons. The van der Waals surface area contributed by atoms with Crippen molar-refractivity contribution >= 4 is 38.3 Å². The zero-order valence-electron chi connectivity index (χ0n) is 34.1. The molecule has 2 aromatic rings. The van der Waals surface area contributed by atoms with Crippen molar-refractivity contribution in [2.45, 2.75) is 152 Å². The molecular formula is C39H71BN6O5P+. The lowest BCUT2D eigenvalue weighted by molar-refractivity contribution is -0.0603. The van der Waals surface area contributed by atoms with Gasteiger partial charge in [-0.05, 0) is 65.6 Å². The van der Waals surface area contributed by atoms with Gasteiger partial charge in [-0.25, -0.2) is 9.88 Å². The minimum atomic E-state index is -3.50. The third-order valence-corrected chi connectivity index (χ3v) is 15.4. The average Bonchev–Trinajstić information content (AvgIpc) is 3.69. The number of nitrogens with one attached hydrogen (secondary N) is 1. The van der Waals surface area contributed by atoms with E-state index >= 15 is 0 Å². The number of hydrogen-bond donors (Lipinski definition) is 4. The highest BCUT2D eigenvalue weighted by Gasteiger charge is 2.57. The van der Waals surface area contributed by atoms with Crippen LogP contribution < -0.4 is 11.1 Å². The number of rotatable bonds is 20. The van der Waals surface area contributed by atoms with E-state index in [1.165, 1.54) is 44.9 Å². The van der Waals surface area contributed by atoms with Crippen LogP contribution in [0.15, 0.2) is 6.33 Å². The maximum absolute atomic E-state index is 11.0. The van der Waals surface area contributed by atoms with Crippen molar-refractivity contribution in [2.75, 3.05) is 24.2 Å². The number of nitrogens with zero attached hydrogens (tertiary/aromatic N) is 4. The highest BCUT2D eigenvalue weighted by molar-refractivity contribution is 7.85. The van der Waals surface area contributed by atoms with Crippen LogP contribution >= 0.6 is 7.82 Å². The van der Waals surface area contributed by atoms with Gasteiger partial charge in [-0.3, -0.25) is 4.57 Å². The van der Waals surface area contributed by atoms with E-state index in [2.05, 4.69) is 96.4 Å². The highest BCUT2D eigenvalue weighted by atomic mass is 31.2. The maximum atomic E-state index is 11.0. The maximum Gasteiger partial charge on any atom is 0.488 e. The van der Waals surface area contributed by atoms with Crippen LogP contribution in [0.3, 0.4) is 0 Å². The Bertz CT molecular complexity index is 1390. The van der Waals surface area contributed by atoms with E-state index in [9.17, 15) is 10.00 Å². The Hall–Kier alpha value is -1.56. The molecule has 5 N–H and O–H groups in total. The molecule has 2 aromatic heterocycles. The number of aliphatic hydroxyl groups is 1. The summed E-state index contributed by atoms with van der Waals surface area (Å²) in [5.74, 6) is 6.25. The lowest BCUT2D eigenvalue weighted by Gasteiger charge is -2.49. The quantitative estimate of drug-likeness (QED) is 0.0590. The Kier molecular flexibility index (Phi) is 15.3. The van der Waals surface area contributed by atoms with Crippen molar-refractivity contribution in [1.82, 2.24) is 19.5 Å². The molecule has 0 spiro atoms. The molecule has 52 heavy (non-hydrogen) atoms. The van der Waals surface area contributed by atoms with Crippen molar-refractivity contribution in [1.29, 1.82) is 0 Å². The van der Waals surface area contributed by atoms with Crippen LogP contribution in [0.25, 0.3) is 11.2 Å². The molecule has 0 saturated carbocycles. The monoisotopic (exact) mass is 746 g/mol. The molecule has 0 bridgehead atoms. The Balaban J connectivity index is 1.31. The van der Waals surface area contributed by atoms with E-state index in [1.807, 2.05) is 0 Å². The van der Waals surface area contributed by atoms with Gasteiger partial charge in [0.15, 0.2) is 23.8 Å². The van der Waals surface area contributed by atoms with Gasteiger partial charge in [-0.15, -0.1) is 0 Å². The van der Waals surface area contributed by atoms with Crippen molar-refractivity contribution < 1.29 is 23.8 Å². The van der Waals surface area contributed by atoms with Gasteiger partial charge in [0, 0.05) is 6.54 Å². The fraction of sp³-hybridized carbons (Fsp3) is 0.872. The summed E-state index contributed by atoms with van der Waals surface area (Å²) in [6, 6.07) is 0. The third kappa shape index (κ3) is 9.62. The predicted octanol–water partition coefficient (Wildman–Crippen LogP) is 8.59. The number of unbranched alkanes of at least 4 members (excludes halogenated alkanes) is 4. The van der Waals surface area contributed by atoms with E-state index in [1.54, 1.807) is 4.57 Å². The number of anilines is 2. The van der Waals surface area contributed by atoms with Crippen molar-refractivity contribution in [2.24, 2.45) is 52.8 Å². The molecular weight excluding hydrogens is 674 g/mol. The van der Waals surface area contributed by atoms with E-state index in [4.69, 9.17) is 27.1 Å². The molecule has 0 aliphatic carbocycles. The SMILES string of the molecule is [B][P+]1(O)OC[C@H]2O[C@@H](n3cnc4c(N)nc(NCCCCCCCC(C)(C(C)C(C)C(C)C(C)CC)C(C)C(C)C(C)C(C)CC)nc43)C(O)[C@H]2O1. The number of ether oxygens (including phenoxy) is 1. The molecule has 13 heteroatoms. The first kappa shape index (κ1) is 43.2. The summed E-state index contributed by atoms with van der Waals surface area (Å²) in [5.41, 5.74) is 7.41. The van der Waals surface area contributed by atoms with Gasteiger partial charge in [-0.1, -0.05) is 115 Å². The van der Waals surface area contributed by atoms with E-state index in [0.29, 0.717) is 58.0 Å².